The molecule has 33 heavy (non-hydrogen) atoms. The summed E-state index contributed by atoms with van der Waals surface area (Å²) < 4.78 is 47.4. The first-order valence-corrected chi connectivity index (χ1v) is 10.2. The lowest BCUT2D eigenvalue weighted by molar-refractivity contribution is -0.143. The number of hydrogen-bond acceptors (Lipinski definition) is 4. The predicted molar refractivity (Wildman–Crippen MR) is 117 cm³/mol. The Morgan fingerprint density at radius 2 is 1.88 bits per heavy atom. The Morgan fingerprint density at radius 1 is 1.18 bits per heavy atom. The van der Waals surface area contributed by atoms with E-state index in [2.05, 4.69) is 10.4 Å². The van der Waals surface area contributed by atoms with Gasteiger partial charge in [0.2, 0.25) is 5.91 Å². The number of carbonyl (C=O) groups is 2. The summed E-state index contributed by atoms with van der Waals surface area (Å²) in [6.07, 6.45) is -4.02. The molecule has 0 saturated heterocycles. The van der Waals surface area contributed by atoms with Gasteiger partial charge in [0.15, 0.2) is 5.69 Å². The second kappa shape index (κ2) is 9.95. The lowest BCUT2D eigenvalue weighted by atomic mass is 10.2. The van der Waals surface area contributed by atoms with Gasteiger partial charge in [-0.25, -0.2) is 4.68 Å². The summed E-state index contributed by atoms with van der Waals surface area (Å²) in [5.41, 5.74) is -1.38. The fraction of sp³-hybridized carbons (Fsp3) is 0.227. The molecular weight excluding hydrogens is 461 g/mol. The second-order valence-corrected chi connectivity index (χ2v) is 7.33. The molecule has 2 aromatic carbocycles. The first kappa shape index (κ1) is 24.1. The van der Waals surface area contributed by atoms with Gasteiger partial charge in [0, 0.05) is 23.3 Å². The lowest BCUT2D eigenvalue weighted by Gasteiger charge is -2.21. The van der Waals surface area contributed by atoms with Crippen molar-refractivity contribution in [1.29, 1.82) is 0 Å². The highest BCUT2D eigenvalue weighted by Gasteiger charge is 2.41. The number of benzene rings is 2. The number of aromatic nitrogens is 2. The van der Waals surface area contributed by atoms with Gasteiger partial charge in [-0.3, -0.25) is 9.59 Å². The number of ether oxygens (including phenoxy) is 1. The molecule has 1 N–H and O–H groups in total. The van der Waals surface area contributed by atoms with Crippen LogP contribution in [0.4, 0.5) is 18.9 Å². The van der Waals surface area contributed by atoms with Crippen molar-refractivity contribution in [2.45, 2.75) is 13.1 Å². The molecule has 1 aromatic heterocycles. The highest BCUT2D eigenvalue weighted by molar-refractivity contribution is 6.30. The van der Waals surface area contributed by atoms with Crippen molar-refractivity contribution in [2.24, 2.45) is 0 Å². The van der Waals surface area contributed by atoms with Gasteiger partial charge in [0.25, 0.3) is 5.91 Å². The van der Waals surface area contributed by atoms with E-state index in [4.69, 9.17) is 16.3 Å². The van der Waals surface area contributed by atoms with Crippen LogP contribution in [0.15, 0.2) is 54.7 Å². The van der Waals surface area contributed by atoms with Crippen molar-refractivity contribution >= 4 is 29.1 Å². The van der Waals surface area contributed by atoms with Crippen LogP contribution in [0.1, 0.15) is 23.0 Å². The van der Waals surface area contributed by atoms with Crippen molar-refractivity contribution in [3.8, 4) is 11.4 Å². The molecule has 11 heteroatoms. The number of hydrogen-bond donors (Lipinski definition) is 1. The van der Waals surface area contributed by atoms with Crippen LogP contribution >= 0.6 is 11.6 Å². The van der Waals surface area contributed by atoms with Crippen LogP contribution in [-0.2, 0) is 11.0 Å². The maximum atomic E-state index is 13.9. The summed E-state index contributed by atoms with van der Waals surface area (Å²) in [5, 5.41) is 6.72. The molecule has 0 aliphatic carbocycles. The smallest absolute Gasteiger partial charge is 0.434 e. The van der Waals surface area contributed by atoms with E-state index in [1.165, 1.54) is 31.4 Å². The molecule has 0 bridgehead atoms. The second-order valence-electron chi connectivity index (χ2n) is 6.89. The number of carbonyl (C=O) groups excluding carboxylic acids is 2. The summed E-state index contributed by atoms with van der Waals surface area (Å²) in [6, 6.07) is 12.1. The monoisotopic (exact) mass is 480 g/mol. The Labute approximate surface area is 192 Å². The minimum absolute atomic E-state index is 0.00772. The summed E-state index contributed by atoms with van der Waals surface area (Å²) in [4.78, 5) is 26.4. The van der Waals surface area contributed by atoms with Gasteiger partial charge in [-0.05, 0) is 43.3 Å². The maximum Gasteiger partial charge on any atom is 0.434 e. The van der Waals surface area contributed by atoms with Crippen molar-refractivity contribution < 1.29 is 27.5 Å². The number of amides is 2. The molecule has 2 amide bonds. The zero-order valence-electron chi connectivity index (χ0n) is 17.7. The number of nitrogens with zero attached hydrogens (tertiary/aromatic N) is 3. The SMILES string of the molecule is CCN(CC(=O)Nc1cccc(OC)c1)C(=O)c1cnn(-c2ccc(Cl)cc2)c1C(F)(F)F. The quantitative estimate of drug-likeness (QED) is 0.534. The molecule has 0 spiro atoms. The zero-order valence-corrected chi connectivity index (χ0v) is 18.4. The van der Waals surface area contributed by atoms with Crippen molar-refractivity contribution in [1.82, 2.24) is 14.7 Å². The first-order chi connectivity index (χ1) is 15.6. The molecule has 7 nitrogen and oxygen atoms in total. The van der Waals surface area contributed by atoms with Crippen LogP contribution in [0.25, 0.3) is 5.69 Å². The van der Waals surface area contributed by atoms with E-state index >= 15 is 0 Å². The summed E-state index contributed by atoms with van der Waals surface area (Å²) in [6.45, 7) is 1.12. The summed E-state index contributed by atoms with van der Waals surface area (Å²) in [5.74, 6) is -1.02. The molecule has 0 saturated carbocycles. The average Bonchev–Trinajstić information content (AvgIpc) is 3.23. The largest absolute Gasteiger partial charge is 0.497 e. The normalized spacial score (nSPS) is 11.2. The molecule has 3 aromatic rings. The Bertz CT molecular complexity index is 1150. The van der Waals surface area contributed by atoms with E-state index < -0.39 is 35.8 Å². The third kappa shape index (κ3) is 5.64. The van der Waals surface area contributed by atoms with Gasteiger partial charge in [-0.15, -0.1) is 0 Å². The van der Waals surface area contributed by atoms with Gasteiger partial charge < -0.3 is 15.0 Å². The minimum atomic E-state index is -4.87. The molecule has 0 radical (unpaired) electrons. The molecular formula is C22H20ClF3N4O3. The standard InChI is InChI=1S/C22H20ClF3N4O3/c1-3-29(13-19(31)28-15-5-4-6-17(11-15)33-2)21(32)18-12-27-30(20(18)22(24,25)26)16-9-7-14(23)8-10-16/h4-12H,3,13H2,1-2H3,(H,28,31). The lowest BCUT2D eigenvalue weighted by Crippen LogP contribution is -2.38. The number of anilines is 1. The van der Waals surface area contributed by atoms with E-state index in [-0.39, 0.29) is 12.2 Å². The molecule has 0 aliphatic heterocycles. The van der Waals surface area contributed by atoms with Gasteiger partial charge in [-0.1, -0.05) is 17.7 Å². The van der Waals surface area contributed by atoms with Gasteiger partial charge in [0.1, 0.15) is 12.3 Å². The first-order valence-electron chi connectivity index (χ1n) is 9.78. The number of nitrogens with one attached hydrogen (secondary N) is 1. The summed E-state index contributed by atoms with van der Waals surface area (Å²) in [7, 11) is 1.47. The van der Waals surface area contributed by atoms with Gasteiger partial charge in [0.05, 0.1) is 24.6 Å². The van der Waals surface area contributed by atoms with E-state index in [0.717, 1.165) is 11.1 Å². The van der Waals surface area contributed by atoms with Crippen LogP contribution in [0.3, 0.4) is 0 Å². The molecule has 0 atom stereocenters. The third-order valence-electron chi connectivity index (χ3n) is 4.70. The van der Waals surface area contributed by atoms with Crippen LogP contribution < -0.4 is 10.1 Å². The molecule has 0 fully saturated rings. The van der Waals surface area contributed by atoms with Gasteiger partial charge >= 0.3 is 6.18 Å². The Hall–Kier alpha value is -3.53. The predicted octanol–water partition coefficient (Wildman–Crippen LogP) is 4.65. The number of methoxy groups -OCH3 is 1. The van der Waals surface area contributed by atoms with Crippen LogP contribution in [-0.4, -0.2) is 46.7 Å². The fourth-order valence-electron chi connectivity index (χ4n) is 3.13. The molecule has 1 heterocycles. The fourth-order valence-corrected chi connectivity index (χ4v) is 3.25. The van der Waals surface area contributed by atoms with E-state index in [0.29, 0.717) is 21.1 Å². The van der Waals surface area contributed by atoms with Gasteiger partial charge in [-0.2, -0.15) is 18.3 Å². The van der Waals surface area contributed by atoms with Crippen LogP contribution in [0.5, 0.6) is 5.75 Å². The van der Waals surface area contributed by atoms with E-state index in [1.54, 1.807) is 31.2 Å². The van der Waals surface area contributed by atoms with E-state index in [9.17, 15) is 22.8 Å². The summed E-state index contributed by atoms with van der Waals surface area (Å²) >= 11 is 5.81. The number of likely N-dealkylation sites (N-methyl/N-ethyl adjacent to an activating group) is 1. The molecule has 0 aliphatic rings. The minimum Gasteiger partial charge on any atom is -0.497 e. The maximum absolute atomic E-state index is 13.9. The molecule has 0 unspecified atom stereocenters. The Morgan fingerprint density at radius 3 is 2.48 bits per heavy atom. The van der Waals surface area contributed by atoms with Crippen LogP contribution in [0.2, 0.25) is 5.02 Å². The highest BCUT2D eigenvalue weighted by Crippen LogP contribution is 2.34. The van der Waals surface area contributed by atoms with Crippen molar-refractivity contribution in [3.05, 3.63) is 71.0 Å². The van der Waals surface area contributed by atoms with Crippen molar-refractivity contribution in [2.75, 3.05) is 25.5 Å². The van der Waals surface area contributed by atoms with Crippen LogP contribution in [0, 0.1) is 0 Å². The number of halogens is 4. The number of rotatable bonds is 7. The zero-order chi connectivity index (χ0) is 24.2. The van der Waals surface area contributed by atoms with Crippen molar-refractivity contribution in [3.63, 3.8) is 0 Å². The Balaban J connectivity index is 1.86. The van der Waals surface area contributed by atoms with E-state index in [1.807, 2.05) is 0 Å². The number of alkyl halides is 3. The molecule has 174 valence electrons. The third-order valence-corrected chi connectivity index (χ3v) is 4.95. The molecule has 3 rings (SSSR count). The highest BCUT2D eigenvalue weighted by atomic mass is 35.5. The average molecular weight is 481 g/mol. The topological polar surface area (TPSA) is 76.5 Å². The Kier molecular flexibility index (Phi) is 7.27.